The van der Waals surface area contributed by atoms with Gasteiger partial charge in [0.05, 0.1) is 28.8 Å². The Morgan fingerprint density at radius 3 is 2.80 bits per heavy atom. The molecule has 0 saturated carbocycles. The van der Waals surface area contributed by atoms with E-state index in [0.29, 0.717) is 35.4 Å². The zero-order valence-electron chi connectivity index (χ0n) is 19.0. The molecular formula is C20H22Cl2N6O6S. The van der Waals surface area contributed by atoms with Crippen LogP contribution in [0.15, 0.2) is 10.8 Å². The number of hydrogen-bond acceptors (Lipinski definition) is 11. The number of amides is 1. The predicted octanol–water partition coefficient (Wildman–Crippen LogP) is 3.70. The number of nitrogens with zero attached hydrogens (tertiary/aromatic N) is 4. The van der Waals surface area contributed by atoms with Crippen molar-refractivity contribution in [3.8, 4) is 16.6 Å². The van der Waals surface area contributed by atoms with Gasteiger partial charge in [0.25, 0.3) is 11.8 Å². The number of aromatic nitrogens is 4. The van der Waals surface area contributed by atoms with Gasteiger partial charge in [0.1, 0.15) is 5.69 Å². The van der Waals surface area contributed by atoms with Gasteiger partial charge in [0, 0.05) is 25.9 Å². The summed E-state index contributed by atoms with van der Waals surface area (Å²) in [5, 5.41) is 11.7. The summed E-state index contributed by atoms with van der Waals surface area (Å²) in [5.41, 5.74) is 1.05. The number of hydrogen-bond donors (Lipinski definition) is 2. The molecule has 3 aromatic rings. The fraction of sp³-hybridized carbons (Fsp3) is 0.450. The molecule has 1 aliphatic rings. The number of H-pyrrole nitrogens is 1. The number of ether oxygens (including phenoxy) is 3. The SMILES string of the molecule is CCOC(=O)Oc1sc(N2CC[C@@H](NC(=O)c3[nH]c(C)c(Cl)c3Cl)[C@@H](OC)C2)nc1-c1nnco1. The highest BCUT2D eigenvalue weighted by Gasteiger charge is 2.34. The number of methoxy groups -OCH3 is 1. The molecule has 0 unspecified atom stereocenters. The van der Waals surface area contributed by atoms with Gasteiger partial charge in [-0.15, -0.1) is 10.2 Å². The first kappa shape index (κ1) is 25.2. The molecule has 0 aromatic carbocycles. The van der Waals surface area contributed by atoms with Crippen LogP contribution >= 0.6 is 34.5 Å². The van der Waals surface area contributed by atoms with E-state index in [0.717, 1.165) is 17.7 Å². The summed E-state index contributed by atoms with van der Waals surface area (Å²) in [4.78, 5) is 34.1. The fourth-order valence-electron chi connectivity index (χ4n) is 3.60. The average molecular weight is 545 g/mol. The van der Waals surface area contributed by atoms with Gasteiger partial charge in [-0.2, -0.15) is 0 Å². The van der Waals surface area contributed by atoms with Crippen molar-refractivity contribution in [3.63, 3.8) is 0 Å². The first-order chi connectivity index (χ1) is 16.8. The molecule has 2 N–H and O–H groups in total. The number of thiazole rings is 1. The van der Waals surface area contributed by atoms with E-state index in [-0.39, 0.29) is 52.0 Å². The van der Waals surface area contributed by atoms with E-state index in [1.165, 1.54) is 0 Å². The number of nitrogens with one attached hydrogen (secondary N) is 2. The Morgan fingerprint density at radius 1 is 1.37 bits per heavy atom. The van der Waals surface area contributed by atoms with Crippen LogP contribution in [-0.4, -0.2) is 71.2 Å². The second kappa shape index (κ2) is 10.8. The molecule has 0 spiro atoms. The van der Waals surface area contributed by atoms with Crippen LogP contribution in [0.3, 0.4) is 0 Å². The van der Waals surface area contributed by atoms with Crippen LogP contribution < -0.4 is 15.0 Å². The minimum Gasteiger partial charge on any atom is -0.434 e. The topological polar surface area (TPSA) is 145 Å². The molecule has 15 heteroatoms. The maximum atomic E-state index is 12.8. The highest BCUT2D eigenvalue weighted by Crippen LogP contribution is 2.40. The van der Waals surface area contributed by atoms with E-state index in [1.54, 1.807) is 21.0 Å². The molecule has 1 aliphatic heterocycles. The van der Waals surface area contributed by atoms with Gasteiger partial charge in [-0.3, -0.25) is 4.79 Å². The zero-order chi connectivity index (χ0) is 25.1. The second-order valence-electron chi connectivity index (χ2n) is 7.50. The summed E-state index contributed by atoms with van der Waals surface area (Å²) < 4.78 is 21.1. The molecule has 0 bridgehead atoms. The van der Waals surface area contributed by atoms with Crippen LogP contribution in [0.2, 0.25) is 10.0 Å². The molecule has 1 saturated heterocycles. The Labute approximate surface area is 213 Å². The number of halogens is 2. The van der Waals surface area contributed by atoms with E-state index in [4.69, 9.17) is 41.8 Å². The van der Waals surface area contributed by atoms with Crippen LogP contribution in [0.25, 0.3) is 11.6 Å². The number of aromatic amines is 1. The molecular weight excluding hydrogens is 523 g/mol. The van der Waals surface area contributed by atoms with Crippen molar-refractivity contribution >= 4 is 51.7 Å². The fourth-order valence-corrected chi connectivity index (χ4v) is 4.95. The maximum Gasteiger partial charge on any atom is 0.514 e. The van der Waals surface area contributed by atoms with E-state index in [2.05, 4.69) is 25.5 Å². The summed E-state index contributed by atoms with van der Waals surface area (Å²) in [6.07, 6.45) is 0.489. The van der Waals surface area contributed by atoms with Crippen molar-refractivity contribution in [1.82, 2.24) is 25.5 Å². The Bertz CT molecular complexity index is 1200. The van der Waals surface area contributed by atoms with Gasteiger partial charge in [0.2, 0.25) is 11.5 Å². The largest absolute Gasteiger partial charge is 0.514 e. The standard InChI is InChI=1S/C20H22Cl2N6O6S/c1-4-32-20(30)34-18-15(17-27-23-8-33-17)26-19(35-18)28-6-5-10(11(7-28)31-3)25-16(29)14-13(22)12(21)9(2)24-14/h8,10-11,24H,4-7H2,1-3H3,(H,25,29)/t10-,11+/m1/s1. The summed E-state index contributed by atoms with van der Waals surface area (Å²) in [5.74, 6) is -0.266. The summed E-state index contributed by atoms with van der Waals surface area (Å²) >= 11 is 13.4. The van der Waals surface area contributed by atoms with Gasteiger partial charge in [-0.1, -0.05) is 34.5 Å². The van der Waals surface area contributed by atoms with Crippen molar-refractivity contribution in [3.05, 3.63) is 27.8 Å². The third kappa shape index (κ3) is 5.37. The average Bonchev–Trinajstić information content (AvgIpc) is 3.56. The Kier molecular flexibility index (Phi) is 7.79. The second-order valence-corrected chi connectivity index (χ2v) is 9.20. The molecule has 188 valence electrons. The lowest BCUT2D eigenvalue weighted by Crippen LogP contribution is -2.55. The lowest BCUT2D eigenvalue weighted by Gasteiger charge is -2.37. The summed E-state index contributed by atoms with van der Waals surface area (Å²) in [7, 11) is 1.57. The highest BCUT2D eigenvalue weighted by atomic mass is 35.5. The number of anilines is 1. The number of carbonyl (C=O) groups excluding carboxylic acids is 2. The van der Waals surface area contributed by atoms with Crippen LogP contribution in [0.4, 0.5) is 9.93 Å². The molecule has 3 aromatic heterocycles. The first-order valence-corrected chi connectivity index (χ1v) is 12.1. The molecule has 0 radical (unpaired) electrons. The van der Waals surface area contributed by atoms with Crippen molar-refractivity contribution in [2.45, 2.75) is 32.4 Å². The Morgan fingerprint density at radius 2 is 2.17 bits per heavy atom. The van der Waals surface area contributed by atoms with Crippen molar-refractivity contribution in [1.29, 1.82) is 0 Å². The smallest absolute Gasteiger partial charge is 0.434 e. The lowest BCUT2D eigenvalue weighted by molar-refractivity contribution is 0.0540. The normalized spacial score (nSPS) is 17.9. The number of rotatable bonds is 7. The van der Waals surface area contributed by atoms with Gasteiger partial charge >= 0.3 is 6.16 Å². The van der Waals surface area contributed by atoms with Gasteiger partial charge < -0.3 is 33.8 Å². The molecule has 0 aliphatic carbocycles. The van der Waals surface area contributed by atoms with Crippen LogP contribution in [-0.2, 0) is 9.47 Å². The Balaban J connectivity index is 1.50. The van der Waals surface area contributed by atoms with Crippen LogP contribution in [0.5, 0.6) is 5.06 Å². The van der Waals surface area contributed by atoms with Crippen molar-refractivity contribution in [2.75, 3.05) is 31.7 Å². The van der Waals surface area contributed by atoms with E-state index in [1.807, 2.05) is 4.90 Å². The van der Waals surface area contributed by atoms with E-state index in [9.17, 15) is 9.59 Å². The lowest BCUT2D eigenvalue weighted by atomic mass is 10.0. The number of aryl methyl sites for hydroxylation is 1. The van der Waals surface area contributed by atoms with Gasteiger partial charge in [0.15, 0.2) is 10.8 Å². The quantitative estimate of drug-likeness (QED) is 0.422. The molecule has 12 nitrogen and oxygen atoms in total. The maximum absolute atomic E-state index is 12.8. The number of piperidine rings is 1. The molecule has 35 heavy (non-hydrogen) atoms. The molecule has 1 amide bonds. The van der Waals surface area contributed by atoms with Crippen LogP contribution in [0, 0.1) is 6.92 Å². The minimum atomic E-state index is -0.863. The summed E-state index contributed by atoms with van der Waals surface area (Å²) in [6.45, 7) is 4.52. The monoisotopic (exact) mass is 544 g/mol. The highest BCUT2D eigenvalue weighted by molar-refractivity contribution is 7.18. The minimum absolute atomic E-state index is 0.106. The summed E-state index contributed by atoms with van der Waals surface area (Å²) in [6, 6.07) is -0.284. The molecule has 2 atom stereocenters. The van der Waals surface area contributed by atoms with Gasteiger partial charge in [-0.25, -0.2) is 9.78 Å². The Hall–Kier alpha value is -2.87. The van der Waals surface area contributed by atoms with Crippen molar-refractivity contribution in [2.24, 2.45) is 0 Å². The zero-order valence-corrected chi connectivity index (χ0v) is 21.3. The van der Waals surface area contributed by atoms with Crippen LogP contribution in [0.1, 0.15) is 29.5 Å². The molecule has 1 fully saturated rings. The molecule has 4 rings (SSSR count). The van der Waals surface area contributed by atoms with E-state index >= 15 is 0 Å². The first-order valence-electron chi connectivity index (χ1n) is 10.6. The third-order valence-electron chi connectivity index (χ3n) is 5.32. The molecule has 4 heterocycles. The predicted molar refractivity (Wildman–Crippen MR) is 127 cm³/mol. The third-order valence-corrected chi connectivity index (χ3v) is 7.26. The number of carbonyl (C=O) groups is 2. The van der Waals surface area contributed by atoms with E-state index < -0.39 is 6.16 Å². The van der Waals surface area contributed by atoms with Gasteiger partial charge in [-0.05, 0) is 20.3 Å². The van der Waals surface area contributed by atoms with Crippen molar-refractivity contribution < 1.29 is 28.2 Å².